The van der Waals surface area contributed by atoms with E-state index in [4.69, 9.17) is 33.0 Å². The largest absolute Gasteiger partial charge is 0.481 e. The monoisotopic (exact) mass is 493 g/mol. The van der Waals surface area contributed by atoms with Gasteiger partial charge in [0.1, 0.15) is 0 Å². The average Bonchev–Trinajstić information content (AvgIpc) is 3.19. The quantitative estimate of drug-likeness (QED) is 0.434. The minimum absolute atomic E-state index is 0.0843. The van der Waals surface area contributed by atoms with E-state index in [9.17, 15) is 9.90 Å². The number of benzene rings is 2. The molecule has 3 atom stereocenters. The highest BCUT2D eigenvalue weighted by atomic mass is 35.5. The molecule has 2 N–H and O–H groups in total. The van der Waals surface area contributed by atoms with E-state index in [1.165, 1.54) is 0 Å². The van der Waals surface area contributed by atoms with Crippen molar-refractivity contribution in [3.05, 3.63) is 68.7 Å². The Hall–Kier alpha value is -1.63. The molecule has 1 aliphatic heterocycles. The van der Waals surface area contributed by atoms with Crippen LogP contribution in [0.1, 0.15) is 54.5 Å². The Kier molecular flexibility index (Phi) is 9.59. The van der Waals surface area contributed by atoms with Crippen LogP contribution in [-0.2, 0) is 22.4 Å². The highest BCUT2D eigenvalue weighted by Crippen LogP contribution is 2.27. The zero-order valence-corrected chi connectivity index (χ0v) is 20.8. The van der Waals surface area contributed by atoms with Crippen molar-refractivity contribution in [3.8, 4) is 0 Å². The minimum Gasteiger partial charge on any atom is -0.481 e. The lowest BCUT2D eigenvalue weighted by molar-refractivity contribution is -0.136. The molecule has 3 rings (SSSR count). The molecule has 0 unspecified atom stereocenters. The summed E-state index contributed by atoms with van der Waals surface area (Å²) in [5.74, 6) is -0.813. The van der Waals surface area contributed by atoms with Gasteiger partial charge in [0.2, 0.25) is 0 Å². The normalized spacial score (nSPS) is 18.4. The van der Waals surface area contributed by atoms with Crippen molar-refractivity contribution in [2.45, 2.75) is 64.2 Å². The molecule has 0 aromatic heterocycles. The Morgan fingerprint density at radius 2 is 2.00 bits per heavy atom. The first-order chi connectivity index (χ1) is 15.7. The number of likely N-dealkylation sites (tertiary alicyclic amines) is 1. The molecule has 2 aromatic rings. The smallest absolute Gasteiger partial charge is 0.303 e. The summed E-state index contributed by atoms with van der Waals surface area (Å²) in [6.07, 6.45) is 2.78. The van der Waals surface area contributed by atoms with E-state index < -0.39 is 12.1 Å². The van der Waals surface area contributed by atoms with E-state index in [0.29, 0.717) is 29.1 Å². The predicted octanol–water partition coefficient (Wildman–Crippen LogP) is 5.46. The van der Waals surface area contributed by atoms with Crippen LogP contribution in [0.3, 0.4) is 0 Å². The van der Waals surface area contributed by atoms with Crippen molar-refractivity contribution < 1.29 is 19.7 Å². The molecule has 7 heteroatoms. The van der Waals surface area contributed by atoms with Crippen molar-refractivity contribution in [1.82, 2.24) is 4.90 Å². The van der Waals surface area contributed by atoms with E-state index in [0.717, 1.165) is 48.1 Å². The summed E-state index contributed by atoms with van der Waals surface area (Å²) in [6.45, 7) is 5.68. The third-order valence-corrected chi connectivity index (χ3v) is 7.02. The summed E-state index contributed by atoms with van der Waals surface area (Å²) in [5, 5.41) is 20.9. The van der Waals surface area contributed by atoms with Crippen molar-refractivity contribution in [2.75, 3.05) is 19.7 Å². The van der Waals surface area contributed by atoms with Gasteiger partial charge in [0.15, 0.2) is 0 Å². The summed E-state index contributed by atoms with van der Waals surface area (Å²) < 4.78 is 6.01. The number of aliphatic hydroxyl groups is 1. The Labute approximate surface area is 206 Å². The number of rotatable bonds is 11. The number of β-amino-alcohol motifs (C(OH)–C–C–N with tert-alkyl or cyclic N) is 1. The Bertz CT molecular complexity index is 952. The van der Waals surface area contributed by atoms with Crippen LogP contribution in [-0.4, -0.2) is 52.9 Å². The zero-order valence-electron chi connectivity index (χ0n) is 19.3. The van der Waals surface area contributed by atoms with Gasteiger partial charge in [0.05, 0.1) is 28.9 Å². The van der Waals surface area contributed by atoms with Crippen molar-refractivity contribution in [1.29, 1.82) is 0 Å². The number of carbonyl (C=O) groups is 1. The Morgan fingerprint density at radius 3 is 2.73 bits per heavy atom. The first-order valence-electron chi connectivity index (χ1n) is 11.5. The molecule has 0 aliphatic carbocycles. The molecule has 1 heterocycles. The molecule has 33 heavy (non-hydrogen) atoms. The number of aryl methyl sites for hydroxylation is 2. The highest BCUT2D eigenvalue weighted by Gasteiger charge is 2.27. The fourth-order valence-corrected chi connectivity index (χ4v) is 4.88. The molecule has 0 spiro atoms. The van der Waals surface area contributed by atoms with Crippen LogP contribution in [0.2, 0.25) is 10.0 Å². The summed E-state index contributed by atoms with van der Waals surface area (Å²) in [4.78, 5) is 13.3. The van der Waals surface area contributed by atoms with Crippen LogP contribution in [0.15, 0.2) is 36.4 Å². The van der Waals surface area contributed by atoms with Crippen LogP contribution in [0.25, 0.3) is 0 Å². The van der Waals surface area contributed by atoms with Gasteiger partial charge in [-0.2, -0.15) is 0 Å². The fourth-order valence-electron chi connectivity index (χ4n) is 4.56. The summed E-state index contributed by atoms with van der Waals surface area (Å²) in [5.41, 5.74) is 4.20. The first-order valence-corrected chi connectivity index (χ1v) is 12.3. The number of aliphatic carboxylic acids is 1. The minimum atomic E-state index is -0.813. The van der Waals surface area contributed by atoms with Gasteiger partial charge in [-0.05, 0) is 74.9 Å². The maximum atomic E-state index is 11.0. The van der Waals surface area contributed by atoms with Gasteiger partial charge < -0.3 is 14.9 Å². The topological polar surface area (TPSA) is 70.0 Å². The molecular formula is C26H33Cl2NO4. The van der Waals surface area contributed by atoms with Gasteiger partial charge in [0, 0.05) is 19.0 Å². The summed E-state index contributed by atoms with van der Waals surface area (Å²) in [6, 6.07) is 12.1. The van der Waals surface area contributed by atoms with Crippen LogP contribution < -0.4 is 0 Å². The number of hydrogen-bond donors (Lipinski definition) is 2. The standard InChI is InChI=1S/C26H33Cl2NO4/c1-17-5-8-23(20(12-17)7-10-26(31)32)18(2)33-16-22(30)15-29-11-3-4-21(29)13-19-6-9-24(27)25(28)14-19/h5-6,8-9,12,14,18,21-22,30H,3-4,7,10-11,13,15-16H2,1-2H3,(H,31,32)/t18-,21+,22-/m1/s1. The SMILES string of the molecule is Cc1ccc([C@@H](C)OC[C@H](O)CN2CCC[C@H]2Cc2ccc(Cl)c(Cl)c2)c(CCC(=O)O)c1. The molecule has 5 nitrogen and oxygen atoms in total. The van der Waals surface area contributed by atoms with E-state index in [2.05, 4.69) is 4.90 Å². The van der Waals surface area contributed by atoms with Crippen LogP contribution in [0.5, 0.6) is 0 Å². The highest BCUT2D eigenvalue weighted by molar-refractivity contribution is 6.42. The molecule has 0 bridgehead atoms. The van der Waals surface area contributed by atoms with E-state index in [1.807, 2.05) is 50.2 Å². The van der Waals surface area contributed by atoms with Gasteiger partial charge in [0.25, 0.3) is 0 Å². The summed E-state index contributed by atoms with van der Waals surface area (Å²) >= 11 is 12.2. The first kappa shape index (κ1) is 26.0. The molecule has 2 aromatic carbocycles. The lowest BCUT2D eigenvalue weighted by Crippen LogP contribution is -2.39. The van der Waals surface area contributed by atoms with Crippen LogP contribution in [0, 0.1) is 6.92 Å². The molecular weight excluding hydrogens is 461 g/mol. The molecule has 1 aliphatic rings. The second-order valence-electron chi connectivity index (χ2n) is 8.97. The summed E-state index contributed by atoms with van der Waals surface area (Å²) in [7, 11) is 0. The lowest BCUT2D eigenvalue weighted by Gasteiger charge is -2.28. The van der Waals surface area contributed by atoms with Gasteiger partial charge in [-0.25, -0.2) is 0 Å². The van der Waals surface area contributed by atoms with Gasteiger partial charge in [-0.1, -0.05) is 53.0 Å². The number of carboxylic acid groups (broad SMARTS) is 1. The van der Waals surface area contributed by atoms with E-state index >= 15 is 0 Å². The van der Waals surface area contributed by atoms with Gasteiger partial charge in [-0.3, -0.25) is 9.69 Å². The van der Waals surface area contributed by atoms with E-state index in [-0.39, 0.29) is 19.1 Å². The van der Waals surface area contributed by atoms with Crippen LogP contribution in [0.4, 0.5) is 0 Å². The molecule has 0 saturated carbocycles. The van der Waals surface area contributed by atoms with Crippen molar-refractivity contribution in [2.24, 2.45) is 0 Å². The number of aliphatic hydroxyl groups excluding tert-OH is 1. The number of nitrogens with zero attached hydrogens (tertiary/aromatic N) is 1. The average molecular weight is 494 g/mol. The second-order valence-corrected chi connectivity index (χ2v) is 9.78. The third-order valence-electron chi connectivity index (χ3n) is 6.28. The second kappa shape index (κ2) is 12.2. The van der Waals surface area contributed by atoms with Crippen molar-refractivity contribution in [3.63, 3.8) is 0 Å². The fraction of sp³-hybridized carbons (Fsp3) is 0.500. The number of halogens is 2. The maximum Gasteiger partial charge on any atom is 0.303 e. The maximum absolute atomic E-state index is 11.0. The molecule has 1 saturated heterocycles. The zero-order chi connectivity index (χ0) is 24.0. The van der Waals surface area contributed by atoms with Gasteiger partial charge >= 0.3 is 5.97 Å². The number of ether oxygens (including phenoxy) is 1. The Balaban J connectivity index is 1.53. The van der Waals surface area contributed by atoms with Crippen LogP contribution >= 0.6 is 23.2 Å². The number of hydrogen-bond acceptors (Lipinski definition) is 4. The molecule has 0 radical (unpaired) electrons. The molecule has 0 amide bonds. The van der Waals surface area contributed by atoms with Gasteiger partial charge in [-0.15, -0.1) is 0 Å². The third kappa shape index (κ3) is 7.69. The van der Waals surface area contributed by atoms with E-state index in [1.54, 1.807) is 0 Å². The lowest BCUT2D eigenvalue weighted by atomic mass is 9.97. The molecule has 180 valence electrons. The molecule has 1 fully saturated rings. The Morgan fingerprint density at radius 1 is 1.21 bits per heavy atom. The van der Waals surface area contributed by atoms with Crippen molar-refractivity contribution >= 4 is 29.2 Å². The number of carboxylic acids is 1. The predicted molar refractivity (Wildman–Crippen MR) is 132 cm³/mol.